The van der Waals surface area contributed by atoms with Gasteiger partial charge in [-0.1, -0.05) is 30.3 Å². The Kier molecular flexibility index (Phi) is 5.47. The van der Waals surface area contributed by atoms with Crippen LogP contribution in [0.15, 0.2) is 72.3 Å². The van der Waals surface area contributed by atoms with Crippen molar-refractivity contribution in [2.75, 3.05) is 12.4 Å². The van der Waals surface area contributed by atoms with Gasteiger partial charge in [-0.3, -0.25) is 4.79 Å². The number of benzene rings is 2. The van der Waals surface area contributed by atoms with Gasteiger partial charge in [0.05, 0.1) is 7.11 Å². The molecule has 3 aromatic rings. The van der Waals surface area contributed by atoms with Crippen molar-refractivity contribution in [3.63, 3.8) is 0 Å². The van der Waals surface area contributed by atoms with Crippen LogP contribution in [0.1, 0.15) is 4.88 Å². The number of carbonyl (C=O) groups is 1. The van der Waals surface area contributed by atoms with Crippen LogP contribution in [-0.4, -0.2) is 13.0 Å². The molecule has 26 heavy (non-hydrogen) atoms. The quantitative estimate of drug-likeness (QED) is 0.516. The number of hydrogen-bond acceptors (Lipinski definition) is 4. The normalized spacial score (nSPS) is 10.8. The zero-order valence-electron chi connectivity index (χ0n) is 14.1. The minimum Gasteiger partial charge on any atom is -0.497 e. The van der Waals surface area contributed by atoms with E-state index in [4.69, 9.17) is 4.74 Å². The van der Waals surface area contributed by atoms with Gasteiger partial charge in [-0.2, -0.15) is 5.26 Å². The summed E-state index contributed by atoms with van der Waals surface area (Å²) >= 11 is 1.53. The molecule has 4 nitrogen and oxygen atoms in total. The summed E-state index contributed by atoms with van der Waals surface area (Å²) in [7, 11) is 1.58. The van der Waals surface area contributed by atoms with Gasteiger partial charge in [-0.05, 0) is 48.0 Å². The molecule has 0 unspecified atom stereocenters. The first-order valence-electron chi connectivity index (χ1n) is 7.92. The molecule has 0 aliphatic rings. The third-order valence-corrected chi connectivity index (χ3v) is 4.77. The smallest absolute Gasteiger partial charge is 0.266 e. The Morgan fingerprint density at radius 2 is 1.81 bits per heavy atom. The second-order valence-electron chi connectivity index (χ2n) is 5.42. The van der Waals surface area contributed by atoms with Crippen molar-refractivity contribution in [3.8, 4) is 22.3 Å². The van der Waals surface area contributed by atoms with Gasteiger partial charge in [0.2, 0.25) is 0 Å². The molecular weight excluding hydrogens is 344 g/mol. The number of nitriles is 1. The van der Waals surface area contributed by atoms with Crippen molar-refractivity contribution in [2.24, 2.45) is 0 Å². The minimum absolute atomic E-state index is 0.0577. The molecule has 1 N–H and O–H groups in total. The Bertz CT molecular complexity index is 967. The largest absolute Gasteiger partial charge is 0.497 e. The van der Waals surface area contributed by atoms with E-state index in [1.165, 1.54) is 11.3 Å². The van der Waals surface area contributed by atoms with E-state index in [1.54, 1.807) is 37.5 Å². The summed E-state index contributed by atoms with van der Waals surface area (Å²) in [5.74, 6) is 0.262. The van der Waals surface area contributed by atoms with Crippen molar-refractivity contribution in [1.82, 2.24) is 0 Å². The van der Waals surface area contributed by atoms with Gasteiger partial charge in [0.15, 0.2) is 0 Å². The molecule has 0 radical (unpaired) electrons. The van der Waals surface area contributed by atoms with Gasteiger partial charge in [-0.15, -0.1) is 11.3 Å². The highest BCUT2D eigenvalue weighted by Gasteiger charge is 2.11. The lowest BCUT2D eigenvalue weighted by Gasteiger charge is -2.05. The summed E-state index contributed by atoms with van der Waals surface area (Å²) in [6, 6.07) is 22.8. The molecule has 0 aliphatic heterocycles. The standard InChI is InChI=1S/C21H16N2O2S/c1-25-18-9-7-17(8-10-18)23-21(24)16(14-22)13-19-11-12-20(26-19)15-5-3-2-4-6-15/h2-13H,1H3,(H,23,24)/b16-13+. The molecule has 0 saturated heterocycles. The van der Waals surface area contributed by atoms with Crippen molar-refractivity contribution >= 4 is 29.0 Å². The average molecular weight is 360 g/mol. The van der Waals surface area contributed by atoms with Crippen LogP contribution in [-0.2, 0) is 4.79 Å². The Morgan fingerprint density at radius 3 is 2.46 bits per heavy atom. The Morgan fingerprint density at radius 1 is 1.08 bits per heavy atom. The molecule has 0 aliphatic carbocycles. The summed E-state index contributed by atoms with van der Waals surface area (Å²) in [6.45, 7) is 0. The van der Waals surface area contributed by atoms with Crippen LogP contribution in [0.5, 0.6) is 5.75 Å². The maximum Gasteiger partial charge on any atom is 0.266 e. The number of amides is 1. The summed E-state index contributed by atoms with van der Waals surface area (Å²) in [5, 5.41) is 12.1. The lowest BCUT2D eigenvalue weighted by atomic mass is 10.2. The molecule has 0 atom stereocenters. The lowest BCUT2D eigenvalue weighted by molar-refractivity contribution is -0.112. The molecule has 128 valence electrons. The van der Waals surface area contributed by atoms with Crippen molar-refractivity contribution in [1.29, 1.82) is 5.26 Å². The van der Waals surface area contributed by atoms with E-state index in [0.29, 0.717) is 11.4 Å². The van der Waals surface area contributed by atoms with E-state index in [1.807, 2.05) is 48.5 Å². The first-order valence-corrected chi connectivity index (χ1v) is 8.73. The van der Waals surface area contributed by atoms with Gasteiger partial charge >= 0.3 is 0 Å². The molecule has 1 amide bonds. The van der Waals surface area contributed by atoms with Crippen LogP contribution >= 0.6 is 11.3 Å². The van der Waals surface area contributed by atoms with Crippen LogP contribution in [0.3, 0.4) is 0 Å². The number of ether oxygens (including phenoxy) is 1. The van der Waals surface area contributed by atoms with E-state index >= 15 is 0 Å². The summed E-state index contributed by atoms with van der Waals surface area (Å²) in [6.07, 6.45) is 1.61. The molecule has 0 bridgehead atoms. The van der Waals surface area contributed by atoms with E-state index in [2.05, 4.69) is 5.32 Å². The molecule has 0 spiro atoms. The highest BCUT2D eigenvalue weighted by atomic mass is 32.1. The number of hydrogen-bond donors (Lipinski definition) is 1. The zero-order chi connectivity index (χ0) is 18.4. The van der Waals surface area contributed by atoms with E-state index < -0.39 is 5.91 Å². The van der Waals surface area contributed by atoms with Crippen molar-refractivity contribution in [2.45, 2.75) is 0 Å². The Balaban J connectivity index is 1.76. The SMILES string of the molecule is COc1ccc(NC(=O)/C(C#N)=C/c2ccc(-c3ccccc3)s2)cc1. The summed E-state index contributed by atoms with van der Waals surface area (Å²) < 4.78 is 5.09. The molecule has 0 saturated carbocycles. The summed E-state index contributed by atoms with van der Waals surface area (Å²) in [4.78, 5) is 14.3. The molecule has 1 aromatic heterocycles. The number of thiophene rings is 1. The minimum atomic E-state index is -0.438. The number of rotatable bonds is 5. The van der Waals surface area contributed by atoms with Crippen LogP contribution in [0.4, 0.5) is 5.69 Å². The van der Waals surface area contributed by atoms with Gasteiger partial charge < -0.3 is 10.1 Å². The first kappa shape index (κ1) is 17.5. The van der Waals surface area contributed by atoms with Crippen LogP contribution in [0.25, 0.3) is 16.5 Å². The zero-order valence-corrected chi connectivity index (χ0v) is 14.9. The fourth-order valence-corrected chi connectivity index (χ4v) is 3.31. The van der Waals surface area contributed by atoms with Crippen LogP contribution in [0.2, 0.25) is 0 Å². The molecule has 2 aromatic carbocycles. The van der Waals surface area contributed by atoms with Crippen LogP contribution < -0.4 is 10.1 Å². The van der Waals surface area contributed by atoms with Gasteiger partial charge in [-0.25, -0.2) is 0 Å². The van der Waals surface area contributed by atoms with E-state index in [-0.39, 0.29) is 5.57 Å². The Labute approximate surface area is 156 Å². The molecule has 5 heteroatoms. The molecule has 0 fully saturated rings. The van der Waals surface area contributed by atoms with Crippen molar-refractivity contribution in [3.05, 3.63) is 77.2 Å². The topological polar surface area (TPSA) is 62.1 Å². The maximum atomic E-state index is 12.4. The molecule has 3 rings (SSSR count). The van der Waals surface area contributed by atoms with Gasteiger partial charge in [0.1, 0.15) is 17.4 Å². The monoisotopic (exact) mass is 360 g/mol. The van der Waals surface area contributed by atoms with E-state index in [0.717, 1.165) is 15.3 Å². The number of methoxy groups -OCH3 is 1. The number of nitrogens with one attached hydrogen (secondary N) is 1. The highest BCUT2D eigenvalue weighted by molar-refractivity contribution is 7.16. The van der Waals surface area contributed by atoms with Gasteiger partial charge in [0.25, 0.3) is 5.91 Å². The van der Waals surface area contributed by atoms with E-state index in [9.17, 15) is 10.1 Å². The lowest BCUT2D eigenvalue weighted by Crippen LogP contribution is -2.13. The number of nitrogens with zero attached hydrogens (tertiary/aromatic N) is 1. The molecular formula is C21H16N2O2S. The molecule has 1 heterocycles. The number of carbonyl (C=O) groups excluding carboxylic acids is 1. The predicted octanol–water partition coefficient (Wildman–Crippen LogP) is 4.97. The average Bonchev–Trinajstić information content (AvgIpc) is 3.16. The van der Waals surface area contributed by atoms with Crippen molar-refractivity contribution < 1.29 is 9.53 Å². The van der Waals surface area contributed by atoms with Crippen LogP contribution in [0, 0.1) is 11.3 Å². The van der Waals surface area contributed by atoms with Gasteiger partial charge in [0, 0.05) is 15.4 Å². The third-order valence-electron chi connectivity index (χ3n) is 3.68. The first-order chi connectivity index (χ1) is 12.7. The maximum absolute atomic E-state index is 12.4. The second-order valence-corrected chi connectivity index (χ2v) is 6.54. The second kappa shape index (κ2) is 8.15. The fraction of sp³-hybridized carbons (Fsp3) is 0.0476. The predicted molar refractivity (Wildman–Crippen MR) is 105 cm³/mol. The Hall–Kier alpha value is -3.36. The highest BCUT2D eigenvalue weighted by Crippen LogP contribution is 2.29. The fourth-order valence-electron chi connectivity index (χ4n) is 2.35. The third kappa shape index (κ3) is 4.18. The summed E-state index contributed by atoms with van der Waals surface area (Å²) in [5.41, 5.74) is 1.77. The number of anilines is 1.